The molecule has 1 unspecified atom stereocenters. The van der Waals surface area contributed by atoms with E-state index in [0.717, 1.165) is 8.39 Å². The minimum Gasteiger partial charge on any atom is -0.464 e. The lowest BCUT2D eigenvalue weighted by Crippen LogP contribution is -2.52. The molecule has 1 aliphatic rings. The van der Waals surface area contributed by atoms with E-state index in [9.17, 15) is 27.2 Å². The van der Waals surface area contributed by atoms with Crippen LogP contribution >= 0.6 is 11.6 Å². The standard InChI is InChI=1S/C32H48ClFN6O9S/c1-9-46-29(42)26(30(47-10-2)48-11-3)36-27(41)25-23(18-20-17-21(34)14-15-24(20)33)28(40(37-25)50(44,45)38(7)8)39-16-12-13-22(19-39)35-31(43)49-32(4,5)6/h14-15,17,22,26,30H,9-13,16,18-19H2,1-8H3,(H,35,43)(H,36,41)/t22-,26?/m1/s1. The van der Waals surface area contributed by atoms with Gasteiger partial charge in [-0.2, -0.15) is 12.7 Å². The highest BCUT2D eigenvalue weighted by atomic mass is 35.5. The summed E-state index contributed by atoms with van der Waals surface area (Å²) in [7, 11) is -1.79. The van der Waals surface area contributed by atoms with E-state index in [1.54, 1.807) is 46.4 Å². The van der Waals surface area contributed by atoms with Gasteiger partial charge in [0, 0.05) is 63.4 Å². The first-order valence-electron chi connectivity index (χ1n) is 16.4. The van der Waals surface area contributed by atoms with Crippen LogP contribution in [0.15, 0.2) is 18.2 Å². The Labute approximate surface area is 297 Å². The van der Waals surface area contributed by atoms with Crippen molar-refractivity contribution in [2.45, 2.75) is 84.8 Å². The fraction of sp³-hybridized carbons (Fsp3) is 0.625. The molecule has 0 bridgehead atoms. The van der Waals surface area contributed by atoms with E-state index in [2.05, 4.69) is 15.7 Å². The minimum atomic E-state index is -4.40. The molecule has 1 aliphatic heterocycles. The number of rotatable bonds is 15. The number of carbonyl (C=O) groups excluding carboxylic acids is 3. The molecule has 1 fully saturated rings. The van der Waals surface area contributed by atoms with Crippen LogP contribution in [0.1, 0.15) is 76.0 Å². The van der Waals surface area contributed by atoms with Crippen molar-refractivity contribution in [2.24, 2.45) is 0 Å². The van der Waals surface area contributed by atoms with Crippen molar-refractivity contribution in [3.8, 4) is 0 Å². The Balaban J connectivity index is 2.24. The fourth-order valence-corrected chi connectivity index (χ4v) is 6.39. The Bertz CT molecular complexity index is 1610. The molecule has 2 atom stereocenters. The van der Waals surface area contributed by atoms with Gasteiger partial charge in [0.25, 0.3) is 5.91 Å². The van der Waals surface area contributed by atoms with Crippen molar-refractivity contribution in [2.75, 3.05) is 51.9 Å². The lowest BCUT2D eigenvalue weighted by Gasteiger charge is -2.35. The summed E-state index contributed by atoms with van der Waals surface area (Å²) in [5, 5.41) is 9.89. The van der Waals surface area contributed by atoms with Crippen LogP contribution in [-0.4, -0.2) is 111 Å². The summed E-state index contributed by atoms with van der Waals surface area (Å²) in [6.07, 6.45) is -1.05. The number of nitrogens with one attached hydrogen (secondary N) is 2. The molecule has 3 rings (SSSR count). The normalized spacial score (nSPS) is 16.0. The predicted octanol–water partition coefficient (Wildman–Crippen LogP) is 3.48. The summed E-state index contributed by atoms with van der Waals surface area (Å²) in [6, 6.07) is 1.75. The zero-order valence-corrected chi connectivity index (χ0v) is 31.3. The number of carbonyl (C=O) groups is 3. The molecule has 15 nitrogen and oxygen atoms in total. The number of piperidine rings is 1. The molecular weight excluding hydrogens is 699 g/mol. The summed E-state index contributed by atoms with van der Waals surface area (Å²) in [5.41, 5.74) is -0.812. The molecule has 2 aromatic rings. The molecule has 18 heteroatoms. The number of amides is 2. The third-order valence-corrected chi connectivity index (χ3v) is 9.38. The highest BCUT2D eigenvalue weighted by Gasteiger charge is 2.39. The fourth-order valence-electron chi connectivity index (χ4n) is 5.27. The number of ether oxygens (including phenoxy) is 4. The molecule has 2 N–H and O–H groups in total. The van der Waals surface area contributed by atoms with Crippen LogP contribution < -0.4 is 15.5 Å². The van der Waals surface area contributed by atoms with E-state index < -0.39 is 58.0 Å². The zero-order valence-electron chi connectivity index (χ0n) is 29.7. The lowest BCUT2D eigenvalue weighted by molar-refractivity contribution is -0.177. The molecule has 0 spiro atoms. The maximum Gasteiger partial charge on any atom is 0.407 e. The molecule has 0 radical (unpaired) electrons. The quantitative estimate of drug-likeness (QED) is 0.202. The van der Waals surface area contributed by atoms with Gasteiger partial charge < -0.3 is 34.5 Å². The average Bonchev–Trinajstić information content (AvgIpc) is 3.40. The maximum atomic E-state index is 14.5. The van der Waals surface area contributed by atoms with Gasteiger partial charge in [-0.15, -0.1) is 9.19 Å². The number of hydrogen-bond donors (Lipinski definition) is 2. The largest absolute Gasteiger partial charge is 0.464 e. The first-order chi connectivity index (χ1) is 23.4. The van der Waals surface area contributed by atoms with Gasteiger partial charge in [-0.3, -0.25) is 4.79 Å². The van der Waals surface area contributed by atoms with Gasteiger partial charge in [-0.05, 0) is 78.1 Å². The van der Waals surface area contributed by atoms with E-state index in [1.807, 2.05) is 0 Å². The maximum absolute atomic E-state index is 14.5. The first-order valence-corrected chi connectivity index (χ1v) is 18.1. The number of aromatic nitrogens is 2. The van der Waals surface area contributed by atoms with Crippen LogP contribution in [-0.2, 0) is 40.4 Å². The van der Waals surface area contributed by atoms with E-state index in [-0.39, 0.29) is 60.4 Å². The summed E-state index contributed by atoms with van der Waals surface area (Å²) < 4.78 is 65.7. The predicted molar refractivity (Wildman–Crippen MR) is 184 cm³/mol. The second-order valence-electron chi connectivity index (χ2n) is 12.6. The molecule has 2 heterocycles. The van der Waals surface area contributed by atoms with Crippen molar-refractivity contribution in [3.05, 3.63) is 45.9 Å². The summed E-state index contributed by atoms with van der Waals surface area (Å²) >= 11 is 6.48. The van der Waals surface area contributed by atoms with Gasteiger partial charge in [0.05, 0.1) is 6.61 Å². The molecule has 1 saturated heterocycles. The topological polar surface area (TPSA) is 171 Å². The number of benzene rings is 1. The number of esters is 1. The van der Waals surface area contributed by atoms with Crippen LogP contribution in [0.5, 0.6) is 0 Å². The Morgan fingerprint density at radius 2 is 1.78 bits per heavy atom. The van der Waals surface area contributed by atoms with E-state index in [0.29, 0.717) is 19.4 Å². The van der Waals surface area contributed by atoms with Gasteiger partial charge in [-0.25, -0.2) is 14.0 Å². The number of anilines is 1. The van der Waals surface area contributed by atoms with E-state index in [4.69, 9.17) is 30.5 Å². The first kappa shape index (κ1) is 40.9. The van der Waals surface area contributed by atoms with E-state index in [1.165, 1.54) is 32.3 Å². The summed E-state index contributed by atoms with van der Waals surface area (Å²) in [4.78, 5) is 41.7. The van der Waals surface area contributed by atoms with Crippen LogP contribution in [0.4, 0.5) is 15.0 Å². The summed E-state index contributed by atoms with van der Waals surface area (Å²) in [5.74, 6) is -2.42. The highest BCUT2D eigenvalue weighted by molar-refractivity contribution is 7.87. The Kier molecular flexibility index (Phi) is 14.4. The SMILES string of the molecule is CCOC(=O)C(NC(=O)c1nn(S(=O)(=O)N(C)C)c(N2CCC[C@@H](NC(=O)OC(C)(C)C)C2)c1Cc1cc(F)ccc1Cl)C(OCC)OCC. The van der Waals surface area contributed by atoms with Crippen molar-refractivity contribution in [1.29, 1.82) is 0 Å². The second-order valence-corrected chi connectivity index (χ2v) is 15.0. The van der Waals surface area contributed by atoms with Crippen LogP contribution in [0.2, 0.25) is 5.02 Å². The van der Waals surface area contributed by atoms with Crippen LogP contribution in [0.3, 0.4) is 0 Å². The Hall–Kier alpha value is -3.51. The van der Waals surface area contributed by atoms with Gasteiger partial charge in [0.15, 0.2) is 18.0 Å². The number of hydrogen-bond acceptors (Lipinski definition) is 11. The molecule has 280 valence electrons. The monoisotopic (exact) mass is 746 g/mol. The summed E-state index contributed by atoms with van der Waals surface area (Å²) in [6.45, 7) is 10.8. The third-order valence-electron chi connectivity index (χ3n) is 7.40. The van der Waals surface area contributed by atoms with Crippen LogP contribution in [0.25, 0.3) is 0 Å². The van der Waals surface area contributed by atoms with Crippen molar-refractivity contribution < 1.29 is 46.1 Å². The lowest BCUT2D eigenvalue weighted by atomic mass is 10.0. The van der Waals surface area contributed by atoms with E-state index >= 15 is 0 Å². The highest BCUT2D eigenvalue weighted by Crippen LogP contribution is 2.33. The molecular formula is C32H48ClFN6O9S. The van der Waals surface area contributed by atoms with Crippen molar-refractivity contribution >= 4 is 45.6 Å². The second kappa shape index (κ2) is 17.6. The van der Waals surface area contributed by atoms with Crippen LogP contribution in [0, 0.1) is 5.82 Å². The molecule has 0 aliphatic carbocycles. The van der Waals surface area contributed by atoms with Crippen molar-refractivity contribution in [3.63, 3.8) is 0 Å². The Morgan fingerprint density at radius 1 is 1.12 bits per heavy atom. The van der Waals surface area contributed by atoms with Gasteiger partial charge in [0.1, 0.15) is 17.2 Å². The molecule has 0 saturated carbocycles. The molecule has 1 aromatic carbocycles. The number of nitrogens with zero attached hydrogens (tertiary/aromatic N) is 4. The molecule has 50 heavy (non-hydrogen) atoms. The smallest absolute Gasteiger partial charge is 0.407 e. The van der Waals surface area contributed by atoms with Gasteiger partial charge >= 0.3 is 22.3 Å². The minimum absolute atomic E-state index is 0.00119. The molecule has 2 amide bonds. The van der Waals surface area contributed by atoms with Crippen molar-refractivity contribution in [1.82, 2.24) is 24.1 Å². The zero-order chi connectivity index (χ0) is 37.4. The number of alkyl carbamates (subject to hydrolysis) is 1. The van der Waals surface area contributed by atoms with Gasteiger partial charge in [-0.1, -0.05) is 11.6 Å². The average molecular weight is 747 g/mol. The van der Waals surface area contributed by atoms with Gasteiger partial charge in [0.2, 0.25) is 0 Å². The molecule has 1 aromatic heterocycles. The Morgan fingerprint density at radius 3 is 2.36 bits per heavy atom. The third kappa shape index (κ3) is 10.5. The number of halogens is 2.